The SMILES string of the molecule is CN1CCC[C]1=[W]. The molecule has 1 rings (SSSR count). The summed E-state index contributed by atoms with van der Waals surface area (Å²) in [4.78, 5) is 2.36. The van der Waals surface area contributed by atoms with Gasteiger partial charge in [-0.25, -0.2) is 0 Å². The van der Waals surface area contributed by atoms with Crippen molar-refractivity contribution in [1.29, 1.82) is 0 Å². The summed E-state index contributed by atoms with van der Waals surface area (Å²) in [6.45, 7) is 1.29. The van der Waals surface area contributed by atoms with Gasteiger partial charge in [0.2, 0.25) is 0 Å². The molecule has 1 heterocycles. The van der Waals surface area contributed by atoms with Crippen molar-refractivity contribution >= 4 is 4.02 Å². The van der Waals surface area contributed by atoms with Crippen LogP contribution in [0.2, 0.25) is 0 Å². The van der Waals surface area contributed by atoms with Crippen molar-refractivity contribution in [1.82, 2.24) is 4.90 Å². The Bertz CT molecular complexity index is 90.1. The van der Waals surface area contributed by atoms with Crippen LogP contribution in [0.3, 0.4) is 0 Å². The van der Waals surface area contributed by atoms with E-state index in [4.69, 9.17) is 0 Å². The number of rotatable bonds is 0. The molecule has 1 nitrogen and oxygen atoms in total. The van der Waals surface area contributed by atoms with Crippen molar-refractivity contribution in [2.24, 2.45) is 0 Å². The number of hydrogen-bond acceptors (Lipinski definition) is 1. The molecule has 0 amide bonds. The molecule has 0 aromatic rings. The van der Waals surface area contributed by atoms with E-state index >= 15 is 0 Å². The van der Waals surface area contributed by atoms with E-state index in [1.807, 2.05) is 0 Å². The van der Waals surface area contributed by atoms with E-state index in [2.05, 4.69) is 11.9 Å². The standard InChI is InChI=1S/C5H9N.W/c1-6-4-2-3-5-6;/h2-4H2,1H3;. The molecule has 1 saturated heterocycles. The van der Waals surface area contributed by atoms with Crippen LogP contribution in [0.5, 0.6) is 0 Å². The zero-order valence-corrected chi connectivity index (χ0v) is 7.41. The fraction of sp³-hybridized carbons (Fsp3) is 0.800. The summed E-state index contributed by atoms with van der Waals surface area (Å²) < 4.78 is 1.63. The second-order valence-electron chi connectivity index (χ2n) is 1.92. The Kier molecular flexibility index (Phi) is 1.77. The van der Waals surface area contributed by atoms with Crippen LogP contribution in [0, 0.1) is 0 Å². The van der Waals surface area contributed by atoms with E-state index in [9.17, 15) is 0 Å². The molecule has 0 spiro atoms. The number of likely N-dealkylation sites (tertiary alicyclic amines) is 1. The Morgan fingerprint density at radius 3 is 2.57 bits per heavy atom. The van der Waals surface area contributed by atoms with Gasteiger partial charge in [-0.2, -0.15) is 0 Å². The maximum atomic E-state index is 2.36. The third-order valence-corrected chi connectivity index (χ3v) is 3.16. The first-order valence-electron chi connectivity index (χ1n) is 2.54. The van der Waals surface area contributed by atoms with Gasteiger partial charge in [0.05, 0.1) is 0 Å². The molecule has 0 N–H and O–H groups in total. The van der Waals surface area contributed by atoms with Crippen LogP contribution in [0.25, 0.3) is 0 Å². The molecule has 0 unspecified atom stereocenters. The van der Waals surface area contributed by atoms with Crippen LogP contribution in [-0.2, 0) is 19.4 Å². The van der Waals surface area contributed by atoms with E-state index in [1.165, 1.54) is 19.4 Å². The summed E-state index contributed by atoms with van der Waals surface area (Å²) in [7, 11) is 2.18. The van der Waals surface area contributed by atoms with Crippen molar-refractivity contribution in [3.63, 3.8) is 0 Å². The first-order chi connectivity index (χ1) is 3.30. The Labute approximate surface area is 55.1 Å². The second-order valence-corrected chi connectivity index (χ2v) is 3.61. The Morgan fingerprint density at radius 1 is 1.71 bits per heavy atom. The van der Waals surface area contributed by atoms with Crippen LogP contribution < -0.4 is 0 Å². The van der Waals surface area contributed by atoms with Crippen molar-refractivity contribution in [2.45, 2.75) is 12.8 Å². The van der Waals surface area contributed by atoms with Crippen LogP contribution in [0.4, 0.5) is 0 Å². The molecule has 1 fully saturated rings. The number of nitrogens with zero attached hydrogens (tertiary/aromatic N) is 1. The average molecular weight is 267 g/mol. The summed E-state index contributed by atoms with van der Waals surface area (Å²) >= 11 is 1.65. The minimum absolute atomic E-state index is 1.29. The van der Waals surface area contributed by atoms with Gasteiger partial charge in [0.15, 0.2) is 0 Å². The third-order valence-electron chi connectivity index (χ3n) is 1.31. The fourth-order valence-electron chi connectivity index (χ4n) is 0.783. The third kappa shape index (κ3) is 1.20. The first kappa shape index (κ1) is 5.65. The molecular weight excluding hydrogens is 258 g/mol. The zero-order chi connectivity index (χ0) is 5.28. The van der Waals surface area contributed by atoms with E-state index in [0.29, 0.717) is 0 Å². The van der Waals surface area contributed by atoms with Gasteiger partial charge < -0.3 is 0 Å². The normalized spacial score (nSPS) is 23.9. The first-order valence-corrected chi connectivity index (χ1v) is 4.01. The van der Waals surface area contributed by atoms with Gasteiger partial charge in [0.1, 0.15) is 0 Å². The van der Waals surface area contributed by atoms with Gasteiger partial charge in [-0.15, -0.1) is 0 Å². The second kappa shape index (κ2) is 2.19. The summed E-state index contributed by atoms with van der Waals surface area (Å²) in [5.41, 5.74) is 0. The van der Waals surface area contributed by atoms with Crippen molar-refractivity contribution in [3.8, 4) is 0 Å². The van der Waals surface area contributed by atoms with E-state index in [0.717, 1.165) is 0 Å². The Balaban J connectivity index is 2.48. The molecule has 0 bridgehead atoms. The van der Waals surface area contributed by atoms with Crippen LogP contribution in [0.15, 0.2) is 0 Å². The van der Waals surface area contributed by atoms with Gasteiger partial charge in [0.25, 0.3) is 0 Å². The molecule has 0 aromatic heterocycles. The quantitative estimate of drug-likeness (QED) is 0.613. The molecule has 0 atom stereocenters. The van der Waals surface area contributed by atoms with Gasteiger partial charge in [0, 0.05) is 0 Å². The van der Waals surface area contributed by atoms with Crippen molar-refractivity contribution < 1.29 is 19.4 Å². The Morgan fingerprint density at radius 2 is 2.43 bits per heavy atom. The summed E-state index contributed by atoms with van der Waals surface area (Å²) in [5.74, 6) is 0. The van der Waals surface area contributed by atoms with Crippen LogP contribution >= 0.6 is 0 Å². The molecule has 1 aliphatic rings. The number of hydrogen-bond donors (Lipinski definition) is 0. The van der Waals surface area contributed by atoms with Crippen LogP contribution in [0.1, 0.15) is 12.8 Å². The van der Waals surface area contributed by atoms with E-state index in [1.54, 1.807) is 23.4 Å². The molecule has 1 aliphatic heterocycles. The maximum absolute atomic E-state index is 2.36. The van der Waals surface area contributed by atoms with Crippen LogP contribution in [-0.4, -0.2) is 22.5 Å². The predicted molar refractivity (Wildman–Crippen MR) is 26.9 cm³/mol. The fourth-order valence-corrected chi connectivity index (χ4v) is 1.63. The van der Waals surface area contributed by atoms with E-state index in [-0.39, 0.29) is 0 Å². The molecule has 40 valence electrons. The molecule has 0 aliphatic carbocycles. The summed E-state index contributed by atoms with van der Waals surface area (Å²) in [5, 5.41) is 0. The Hall–Kier alpha value is 0.518. The topological polar surface area (TPSA) is 3.24 Å². The molecule has 0 saturated carbocycles. The van der Waals surface area contributed by atoms with Crippen molar-refractivity contribution in [2.75, 3.05) is 13.6 Å². The molecule has 0 aromatic carbocycles. The monoisotopic (exact) mass is 267 g/mol. The predicted octanol–water partition coefficient (Wildman–Crippen LogP) is 0.389. The zero-order valence-electron chi connectivity index (χ0n) is 4.48. The van der Waals surface area contributed by atoms with Gasteiger partial charge in [-0.05, 0) is 0 Å². The average Bonchev–Trinajstić information content (AvgIpc) is 1.91. The van der Waals surface area contributed by atoms with Gasteiger partial charge in [-0.1, -0.05) is 0 Å². The van der Waals surface area contributed by atoms with Crippen molar-refractivity contribution in [3.05, 3.63) is 0 Å². The summed E-state index contributed by atoms with van der Waals surface area (Å²) in [6, 6.07) is 0. The molecule has 2 heteroatoms. The van der Waals surface area contributed by atoms with Gasteiger partial charge in [-0.3, -0.25) is 0 Å². The molecule has 0 radical (unpaired) electrons. The molecule has 7 heavy (non-hydrogen) atoms. The minimum atomic E-state index is 1.29. The van der Waals surface area contributed by atoms with Gasteiger partial charge >= 0.3 is 54.7 Å². The van der Waals surface area contributed by atoms with E-state index < -0.39 is 0 Å². The molecular formula is C5H9NW. The summed E-state index contributed by atoms with van der Waals surface area (Å²) in [6.07, 6.45) is 2.74.